The molecule has 1 amide bonds. The van der Waals surface area contributed by atoms with E-state index in [9.17, 15) is 10.1 Å². The Morgan fingerprint density at radius 3 is 2.59 bits per heavy atom. The van der Waals surface area contributed by atoms with Crippen molar-refractivity contribution in [3.8, 4) is 6.07 Å². The van der Waals surface area contributed by atoms with Crippen LogP contribution in [0.4, 0.5) is 11.4 Å². The number of nitriles is 1. The van der Waals surface area contributed by atoms with Gasteiger partial charge in [-0.1, -0.05) is 35.9 Å². The van der Waals surface area contributed by atoms with E-state index in [1.54, 1.807) is 11.1 Å². The summed E-state index contributed by atoms with van der Waals surface area (Å²) in [5.41, 5.74) is 3.38. The number of hydrogen-bond acceptors (Lipinski definition) is 4. The van der Waals surface area contributed by atoms with Crippen molar-refractivity contribution in [3.05, 3.63) is 70.9 Å². The number of benzene rings is 2. The molecule has 29 heavy (non-hydrogen) atoms. The topological polar surface area (TPSA) is 50.6 Å². The Morgan fingerprint density at radius 2 is 1.83 bits per heavy atom. The highest BCUT2D eigenvalue weighted by molar-refractivity contribution is 6.30. The fourth-order valence-electron chi connectivity index (χ4n) is 3.99. The van der Waals surface area contributed by atoms with Crippen LogP contribution in [0.2, 0.25) is 5.02 Å². The molecule has 0 aliphatic carbocycles. The molecule has 0 aromatic heterocycles. The number of carbonyl (C=O) groups excluding carboxylic acids is 1. The zero-order chi connectivity index (χ0) is 20.2. The first-order valence-electron chi connectivity index (χ1n) is 9.92. The molecule has 148 valence electrons. The number of amides is 1. The molecule has 2 heterocycles. The summed E-state index contributed by atoms with van der Waals surface area (Å²) < 4.78 is 0. The zero-order valence-electron chi connectivity index (χ0n) is 16.2. The Bertz CT molecular complexity index is 973. The van der Waals surface area contributed by atoms with Gasteiger partial charge < -0.3 is 14.7 Å². The predicted octanol–water partition coefficient (Wildman–Crippen LogP) is 3.85. The van der Waals surface area contributed by atoms with Crippen LogP contribution < -0.4 is 9.80 Å². The summed E-state index contributed by atoms with van der Waals surface area (Å²) in [5, 5.41) is 10.4. The SMILES string of the molecule is N#C/C(=C/N1CCN(c2cccc(Cl)c2)CC1)C(=O)N1CCCc2ccccc21. The van der Waals surface area contributed by atoms with Gasteiger partial charge in [-0.25, -0.2) is 0 Å². The molecular formula is C23H23ClN4O. The smallest absolute Gasteiger partial charge is 0.270 e. The van der Waals surface area contributed by atoms with Gasteiger partial charge in [0.05, 0.1) is 0 Å². The maximum absolute atomic E-state index is 13.1. The number of rotatable bonds is 3. The van der Waals surface area contributed by atoms with Crippen molar-refractivity contribution < 1.29 is 4.79 Å². The highest BCUT2D eigenvalue weighted by atomic mass is 35.5. The second-order valence-electron chi connectivity index (χ2n) is 7.35. The number of nitrogens with zero attached hydrogens (tertiary/aromatic N) is 4. The minimum absolute atomic E-state index is 0.193. The fourth-order valence-corrected chi connectivity index (χ4v) is 4.17. The van der Waals surface area contributed by atoms with E-state index in [0.29, 0.717) is 6.54 Å². The number of carbonyl (C=O) groups is 1. The summed E-state index contributed by atoms with van der Waals surface area (Å²) in [4.78, 5) is 19.2. The molecule has 2 aliphatic rings. The average Bonchev–Trinajstić information content (AvgIpc) is 2.77. The Kier molecular flexibility index (Phi) is 5.73. The Balaban J connectivity index is 1.45. The molecule has 0 bridgehead atoms. The van der Waals surface area contributed by atoms with Gasteiger partial charge in [0, 0.05) is 55.3 Å². The van der Waals surface area contributed by atoms with Crippen LogP contribution in [0.3, 0.4) is 0 Å². The predicted molar refractivity (Wildman–Crippen MR) is 116 cm³/mol. The Morgan fingerprint density at radius 1 is 1.03 bits per heavy atom. The van der Waals surface area contributed by atoms with Crippen LogP contribution in [0.5, 0.6) is 0 Å². The third kappa shape index (κ3) is 4.23. The highest BCUT2D eigenvalue weighted by Crippen LogP contribution is 2.28. The van der Waals surface area contributed by atoms with Crippen LogP contribution in [0.25, 0.3) is 0 Å². The van der Waals surface area contributed by atoms with E-state index >= 15 is 0 Å². The first-order chi connectivity index (χ1) is 14.2. The van der Waals surface area contributed by atoms with Crippen molar-refractivity contribution in [2.24, 2.45) is 0 Å². The van der Waals surface area contributed by atoms with E-state index in [4.69, 9.17) is 11.6 Å². The standard InChI is InChI=1S/C23H23ClN4O/c24-20-7-3-8-21(15-20)27-13-11-26(12-14-27)17-19(16-25)23(29)28-10-4-6-18-5-1-2-9-22(18)28/h1-3,5,7-9,15,17H,4,6,10-14H2/b19-17-. The van der Waals surface area contributed by atoms with Crippen LogP contribution >= 0.6 is 11.6 Å². The molecule has 0 saturated carbocycles. The molecule has 0 N–H and O–H groups in total. The van der Waals surface area contributed by atoms with E-state index in [-0.39, 0.29) is 11.5 Å². The van der Waals surface area contributed by atoms with Crippen LogP contribution in [0.15, 0.2) is 60.3 Å². The van der Waals surface area contributed by atoms with Crippen LogP contribution in [-0.4, -0.2) is 43.5 Å². The third-order valence-electron chi connectivity index (χ3n) is 5.51. The van der Waals surface area contributed by atoms with Crippen molar-refractivity contribution in [1.82, 2.24) is 4.90 Å². The number of anilines is 2. The molecule has 5 nitrogen and oxygen atoms in total. The average molecular weight is 407 g/mol. The van der Waals surface area contributed by atoms with E-state index < -0.39 is 0 Å². The lowest BCUT2D eigenvalue weighted by atomic mass is 10.0. The molecule has 0 atom stereocenters. The summed E-state index contributed by atoms with van der Waals surface area (Å²) >= 11 is 6.10. The lowest BCUT2D eigenvalue weighted by Crippen LogP contribution is -2.44. The third-order valence-corrected chi connectivity index (χ3v) is 5.74. The van der Waals surface area contributed by atoms with Gasteiger partial charge in [-0.05, 0) is 42.7 Å². The first-order valence-corrected chi connectivity index (χ1v) is 10.3. The maximum atomic E-state index is 13.1. The van der Waals surface area contributed by atoms with E-state index in [2.05, 4.69) is 28.0 Å². The molecule has 6 heteroatoms. The largest absolute Gasteiger partial charge is 0.373 e. The van der Waals surface area contributed by atoms with Crippen LogP contribution in [0.1, 0.15) is 12.0 Å². The number of para-hydroxylation sites is 1. The molecule has 1 saturated heterocycles. The molecule has 2 aromatic rings. The monoisotopic (exact) mass is 406 g/mol. The van der Waals surface area contributed by atoms with Crippen LogP contribution in [0, 0.1) is 11.3 Å². The number of halogens is 1. The lowest BCUT2D eigenvalue weighted by Gasteiger charge is -2.36. The second kappa shape index (κ2) is 8.59. The van der Waals surface area contributed by atoms with Gasteiger partial charge in [0.2, 0.25) is 0 Å². The van der Waals surface area contributed by atoms with Crippen molar-refractivity contribution >= 4 is 28.9 Å². The van der Waals surface area contributed by atoms with Gasteiger partial charge in [-0.2, -0.15) is 5.26 Å². The maximum Gasteiger partial charge on any atom is 0.270 e. The minimum atomic E-state index is -0.211. The number of hydrogen-bond donors (Lipinski definition) is 0. The molecule has 0 spiro atoms. The van der Waals surface area contributed by atoms with Gasteiger partial charge in [0.25, 0.3) is 5.91 Å². The van der Waals surface area contributed by atoms with E-state index in [1.165, 1.54) is 5.56 Å². The van der Waals surface area contributed by atoms with Crippen LogP contribution in [-0.2, 0) is 11.2 Å². The highest BCUT2D eigenvalue weighted by Gasteiger charge is 2.26. The van der Waals surface area contributed by atoms with Crippen molar-refractivity contribution in [2.75, 3.05) is 42.5 Å². The van der Waals surface area contributed by atoms with Gasteiger partial charge in [0.15, 0.2) is 0 Å². The molecule has 0 radical (unpaired) electrons. The molecular weight excluding hydrogens is 384 g/mol. The molecule has 0 unspecified atom stereocenters. The van der Waals surface area contributed by atoms with E-state index in [0.717, 1.165) is 55.4 Å². The summed E-state index contributed by atoms with van der Waals surface area (Å²) in [6.07, 6.45) is 3.62. The second-order valence-corrected chi connectivity index (χ2v) is 7.78. The quantitative estimate of drug-likeness (QED) is 0.574. The molecule has 1 fully saturated rings. The molecule has 4 rings (SSSR count). The normalized spacial score (nSPS) is 17.0. The van der Waals surface area contributed by atoms with Crippen molar-refractivity contribution in [1.29, 1.82) is 5.26 Å². The molecule has 2 aliphatic heterocycles. The van der Waals surface area contributed by atoms with Gasteiger partial charge >= 0.3 is 0 Å². The van der Waals surface area contributed by atoms with Crippen molar-refractivity contribution in [2.45, 2.75) is 12.8 Å². The first kappa shape index (κ1) is 19.4. The van der Waals surface area contributed by atoms with Gasteiger partial charge in [-0.15, -0.1) is 0 Å². The lowest BCUT2D eigenvalue weighted by molar-refractivity contribution is -0.114. The Labute approximate surface area is 176 Å². The number of fused-ring (bicyclic) bond motifs is 1. The summed E-state index contributed by atoms with van der Waals surface area (Å²) in [6, 6.07) is 17.9. The summed E-state index contributed by atoms with van der Waals surface area (Å²) in [7, 11) is 0. The van der Waals surface area contributed by atoms with Crippen molar-refractivity contribution in [3.63, 3.8) is 0 Å². The molecule has 2 aromatic carbocycles. The summed E-state index contributed by atoms with van der Waals surface area (Å²) in [5.74, 6) is -0.211. The Hall–Kier alpha value is -2.97. The minimum Gasteiger partial charge on any atom is -0.373 e. The van der Waals surface area contributed by atoms with Gasteiger partial charge in [0.1, 0.15) is 11.6 Å². The zero-order valence-corrected chi connectivity index (χ0v) is 17.0. The fraction of sp³-hybridized carbons (Fsp3) is 0.304. The van der Waals surface area contributed by atoms with E-state index in [1.807, 2.05) is 36.4 Å². The van der Waals surface area contributed by atoms with Gasteiger partial charge in [-0.3, -0.25) is 4.79 Å². The summed E-state index contributed by atoms with van der Waals surface area (Å²) in [6.45, 7) is 3.78. The number of aryl methyl sites for hydroxylation is 1. The number of piperazine rings is 1.